The molecular weight excluding hydrogens is 542 g/mol. The number of ether oxygens (including phenoxy) is 1. The number of hydrogen-bond acceptors (Lipinski definition) is 4. The first kappa shape index (κ1) is 22.1. The van der Waals surface area contributed by atoms with Crippen LogP contribution >= 0.6 is 43.6 Å². The largest absolute Gasteiger partial charge is 0.487 e. The molecule has 0 radical (unpaired) electrons. The molecule has 0 unspecified atom stereocenters. The number of thioether (sulfide) groups is 1. The molecule has 1 saturated heterocycles. The lowest BCUT2D eigenvalue weighted by molar-refractivity contribution is -0.122. The van der Waals surface area contributed by atoms with E-state index in [-0.39, 0.29) is 11.1 Å². The third-order valence-corrected chi connectivity index (χ3v) is 6.92. The van der Waals surface area contributed by atoms with Crippen LogP contribution in [0.2, 0.25) is 0 Å². The molecule has 158 valence electrons. The molecule has 1 fully saturated rings. The highest BCUT2D eigenvalue weighted by atomic mass is 79.9. The van der Waals surface area contributed by atoms with Crippen LogP contribution < -0.4 is 4.74 Å². The number of hydrogen-bond donors (Lipinski definition) is 0. The van der Waals surface area contributed by atoms with Crippen molar-refractivity contribution < 1.29 is 14.3 Å². The van der Waals surface area contributed by atoms with Crippen molar-refractivity contribution in [2.45, 2.75) is 20.0 Å². The summed E-state index contributed by atoms with van der Waals surface area (Å²) in [4.78, 5) is 26.2. The molecular formula is C24H19Br2NO3S. The number of carbonyl (C=O) groups is 2. The third kappa shape index (κ3) is 4.89. The van der Waals surface area contributed by atoms with Gasteiger partial charge in [-0.3, -0.25) is 14.5 Å². The Morgan fingerprint density at radius 3 is 2.42 bits per heavy atom. The lowest BCUT2D eigenvalue weighted by Crippen LogP contribution is -2.28. The van der Waals surface area contributed by atoms with Crippen molar-refractivity contribution in [1.82, 2.24) is 4.90 Å². The molecule has 1 heterocycles. The Kier molecular flexibility index (Phi) is 6.84. The van der Waals surface area contributed by atoms with Crippen molar-refractivity contribution in [3.05, 3.63) is 79.6 Å². The average Bonchev–Trinajstić information content (AvgIpc) is 3.00. The summed E-state index contributed by atoms with van der Waals surface area (Å²) >= 11 is 8.12. The standard InChI is InChI=1S/C24H19Br2NO3S/c1-2-9-27-23(28)21(31-24(27)29)13-16-11-19(25)22(20(26)12-16)30-14-15-7-8-17-5-3-4-6-18(17)10-15/h3-8,10-13H,2,9,14H2,1H3/b21-13+. The number of amides is 2. The SMILES string of the molecule is CCCN1C(=O)S/C(=C/c2cc(Br)c(OCc3ccc4ccccc4c3)c(Br)c2)C1=O. The summed E-state index contributed by atoms with van der Waals surface area (Å²) in [6.45, 7) is 2.81. The fourth-order valence-electron chi connectivity index (χ4n) is 3.35. The van der Waals surface area contributed by atoms with Crippen molar-refractivity contribution in [3.8, 4) is 5.75 Å². The smallest absolute Gasteiger partial charge is 0.293 e. The predicted molar refractivity (Wildman–Crippen MR) is 133 cm³/mol. The Balaban J connectivity index is 1.52. The van der Waals surface area contributed by atoms with E-state index in [0.717, 1.165) is 38.3 Å². The summed E-state index contributed by atoms with van der Waals surface area (Å²) in [5.74, 6) is 0.449. The number of benzene rings is 3. The topological polar surface area (TPSA) is 46.6 Å². The Hall–Kier alpha value is -2.09. The van der Waals surface area contributed by atoms with E-state index in [2.05, 4.69) is 62.2 Å². The molecule has 0 aliphatic carbocycles. The molecule has 3 aromatic carbocycles. The molecule has 0 N–H and O–H groups in total. The molecule has 0 aromatic heterocycles. The van der Waals surface area contributed by atoms with E-state index in [1.165, 1.54) is 15.7 Å². The number of carbonyl (C=O) groups excluding carboxylic acids is 2. The zero-order chi connectivity index (χ0) is 22.0. The summed E-state index contributed by atoms with van der Waals surface area (Å²) in [5.41, 5.74) is 1.88. The van der Waals surface area contributed by atoms with Gasteiger partial charge in [0.25, 0.3) is 11.1 Å². The highest BCUT2D eigenvalue weighted by Crippen LogP contribution is 2.38. The van der Waals surface area contributed by atoms with Crippen LogP contribution in [0.4, 0.5) is 4.79 Å². The quantitative estimate of drug-likeness (QED) is 0.295. The first-order valence-corrected chi connectivity index (χ1v) is 12.2. The molecule has 0 spiro atoms. The van der Waals surface area contributed by atoms with Gasteiger partial charge in [0.1, 0.15) is 12.4 Å². The molecule has 0 bridgehead atoms. The van der Waals surface area contributed by atoms with Gasteiger partial charge in [0.2, 0.25) is 0 Å². The van der Waals surface area contributed by atoms with Crippen LogP contribution in [0.15, 0.2) is 68.4 Å². The van der Waals surface area contributed by atoms with Crippen LogP contribution in [0.5, 0.6) is 5.75 Å². The number of halogens is 2. The highest BCUT2D eigenvalue weighted by molar-refractivity contribution is 9.11. The number of imide groups is 1. The van der Waals surface area contributed by atoms with Crippen molar-refractivity contribution in [1.29, 1.82) is 0 Å². The fraction of sp³-hybridized carbons (Fsp3) is 0.167. The Morgan fingerprint density at radius 1 is 1.00 bits per heavy atom. The molecule has 4 rings (SSSR count). The van der Waals surface area contributed by atoms with Gasteiger partial charge in [0.05, 0.1) is 13.9 Å². The zero-order valence-electron chi connectivity index (χ0n) is 16.7. The summed E-state index contributed by atoms with van der Waals surface area (Å²) in [6, 6.07) is 18.3. The van der Waals surface area contributed by atoms with Crippen LogP contribution in [0.1, 0.15) is 24.5 Å². The minimum atomic E-state index is -0.235. The van der Waals surface area contributed by atoms with Crippen LogP contribution in [-0.2, 0) is 11.4 Å². The van der Waals surface area contributed by atoms with Gasteiger partial charge in [-0.2, -0.15) is 0 Å². The van der Waals surface area contributed by atoms with Crippen molar-refractivity contribution in [2.75, 3.05) is 6.54 Å². The molecule has 1 aliphatic rings. The van der Waals surface area contributed by atoms with Gasteiger partial charge in [-0.15, -0.1) is 0 Å². The predicted octanol–water partition coefficient (Wildman–Crippen LogP) is 7.39. The van der Waals surface area contributed by atoms with Gasteiger partial charge in [-0.05, 0) is 96.2 Å². The van der Waals surface area contributed by atoms with E-state index in [4.69, 9.17) is 4.74 Å². The first-order chi connectivity index (χ1) is 15.0. The van der Waals surface area contributed by atoms with Crippen molar-refractivity contribution >= 4 is 71.6 Å². The van der Waals surface area contributed by atoms with Crippen molar-refractivity contribution in [2.24, 2.45) is 0 Å². The van der Waals surface area contributed by atoms with E-state index in [9.17, 15) is 9.59 Å². The van der Waals surface area contributed by atoms with Crippen molar-refractivity contribution in [3.63, 3.8) is 0 Å². The van der Waals surface area contributed by atoms with E-state index >= 15 is 0 Å². The van der Waals surface area contributed by atoms with Crippen LogP contribution in [0.25, 0.3) is 16.8 Å². The first-order valence-electron chi connectivity index (χ1n) is 9.81. The van der Waals surface area contributed by atoms with Gasteiger partial charge >= 0.3 is 0 Å². The Bertz CT molecular complexity index is 1190. The maximum atomic E-state index is 12.5. The fourth-order valence-corrected chi connectivity index (χ4v) is 5.67. The minimum absolute atomic E-state index is 0.216. The lowest BCUT2D eigenvalue weighted by Gasteiger charge is -2.12. The maximum absolute atomic E-state index is 12.5. The second-order valence-electron chi connectivity index (χ2n) is 7.12. The molecule has 3 aromatic rings. The molecule has 7 heteroatoms. The summed E-state index contributed by atoms with van der Waals surface area (Å²) in [7, 11) is 0. The molecule has 4 nitrogen and oxygen atoms in total. The van der Waals surface area contributed by atoms with Crippen LogP contribution in [0, 0.1) is 0 Å². The highest BCUT2D eigenvalue weighted by Gasteiger charge is 2.34. The maximum Gasteiger partial charge on any atom is 0.293 e. The van der Waals surface area contributed by atoms with E-state index in [0.29, 0.717) is 23.8 Å². The number of nitrogens with zero attached hydrogens (tertiary/aromatic N) is 1. The Labute approximate surface area is 201 Å². The van der Waals surface area contributed by atoms with Gasteiger partial charge in [-0.25, -0.2) is 0 Å². The van der Waals surface area contributed by atoms with Crippen LogP contribution in [-0.4, -0.2) is 22.6 Å². The Morgan fingerprint density at radius 2 is 1.71 bits per heavy atom. The normalized spacial score (nSPS) is 15.3. The molecule has 0 atom stereocenters. The van der Waals surface area contributed by atoms with E-state index in [1.54, 1.807) is 6.08 Å². The monoisotopic (exact) mass is 559 g/mol. The van der Waals surface area contributed by atoms with Gasteiger partial charge in [-0.1, -0.05) is 43.3 Å². The second-order valence-corrected chi connectivity index (χ2v) is 9.82. The summed E-state index contributed by atoms with van der Waals surface area (Å²) in [5, 5.41) is 2.15. The molecule has 0 saturated carbocycles. The third-order valence-electron chi connectivity index (χ3n) is 4.84. The van der Waals surface area contributed by atoms with Gasteiger partial charge < -0.3 is 4.74 Å². The van der Waals surface area contributed by atoms with E-state index in [1.807, 2.05) is 31.2 Å². The lowest BCUT2D eigenvalue weighted by atomic mass is 10.1. The van der Waals surface area contributed by atoms with Gasteiger partial charge in [0, 0.05) is 6.54 Å². The minimum Gasteiger partial charge on any atom is -0.487 e. The van der Waals surface area contributed by atoms with Crippen LogP contribution in [0.3, 0.4) is 0 Å². The number of rotatable bonds is 6. The van der Waals surface area contributed by atoms with Gasteiger partial charge in [0.15, 0.2) is 0 Å². The average molecular weight is 561 g/mol. The second kappa shape index (κ2) is 9.59. The van der Waals surface area contributed by atoms with E-state index < -0.39 is 0 Å². The summed E-state index contributed by atoms with van der Waals surface area (Å²) < 4.78 is 7.60. The molecule has 2 amide bonds. The molecule has 1 aliphatic heterocycles. The summed E-state index contributed by atoms with van der Waals surface area (Å²) in [6.07, 6.45) is 2.48. The molecule has 31 heavy (non-hydrogen) atoms. The zero-order valence-corrected chi connectivity index (χ0v) is 20.7. The number of fused-ring (bicyclic) bond motifs is 1.